The zero-order valence-electron chi connectivity index (χ0n) is 18.2. The van der Waals surface area contributed by atoms with Crippen LogP contribution in [0.25, 0.3) is 22.1 Å². The van der Waals surface area contributed by atoms with Crippen LogP contribution in [0, 0.1) is 18.8 Å². The number of para-hydroxylation sites is 1. The Labute approximate surface area is 177 Å². The second-order valence-electron chi connectivity index (χ2n) is 8.61. The van der Waals surface area contributed by atoms with Crippen LogP contribution in [0.15, 0.2) is 46.6 Å². The van der Waals surface area contributed by atoms with Crippen molar-refractivity contribution in [2.24, 2.45) is 16.9 Å². The summed E-state index contributed by atoms with van der Waals surface area (Å²) in [6.07, 6.45) is 11.2. The number of H-pyrrole nitrogens is 1. The molecule has 1 aromatic carbocycles. The molecule has 30 heavy (non-hydrogen) atoms. The lowest BCUT2D eigenvalue weighted by atomic mass is 9.80. The van der Waals surface area contributed by atoms with Crippen LogP contribution in [0.5, 0.6) is 0 Å². The predicted octanol–water partition coefficient (Wildman–Crippen LogP) is 5.93. The van der Waals surface area contributed by atoms with Crippen LogP contribution in [-0.2, 0) is 0 Å². The first-order valence-electron chi connectivity index (χ1n) is 10.7. The average molecular weight is 403 g/mol. The molecule has 0 bridgehead atoms. The number of allylic oxidation sites excluding steroid dienone is 4. The van der Waals surface area contributed by atoms with Crippen molar-refractivity contribution >= 4 is 34.2 Å². The van der Waals surface area contributed by atoms with Gasteiger partial charge in [-0.05, 0) is 57.9 Å². The number of benzene rings is 1. The fourth-order valence-electron chi connectivity index (χ4n) is 4.12. The molecule has 0 unspecified atom stereocenters. The van der Waals surface area contributed by atoms with Crippen LogP contribution in [0.3, 0.4) is 0 Å². The van der Waals surface area contributed by atoms with Crippen molar-refractivity contribution in [2.75, 3.05) is 5.43 Å². The van der Waals surface area contributed by atoms with Crippen LogP contribution in [0.4, 0.5) is 5.95 Å². The van der Waals surface area contributed by atoms with Gasteiger partial charge in [-0.3, -0.25) is 0 Å². The summed E-state index contributed by atoms with van der Waals surface area (Å²) < 4.78 is 0. The van der Waals surface area contributed by atoms with Gasteiger partial charge in [0.2, 0.25) is 0 Å². The van der Waals surface area contributed by atoms with E-state index in [1.165, 1.54) is 17.6 Å². The molecule has 6 nitrogen and oxygen atoms in total. The molecule has 2 heterocycles. The van der Waals surface area contributed by atoms with Gasteiger partial charge in [0.05, 0.1) is 5.52 Å². The Morgan fingerprint density at radius 2 is 2.17 bits per heavy atom. The van der Waals surface area contributed by atoms with E-state index in [0.29, 0.717) is 17.8 Å². The first kappa shape index (κ1) is 20.3. The van der Waals surface area contributed by atoms with Crippen molar-refractivity contribution < 1.29 is 0 Å². The largest absolute Gasteiger partial charge is 0.337 e. The molecule has 0 fully saturated rings. The van der Waals surface area contributed by atoms with Crippen molar-refractivity contribution in [3.05, 3.63) is 47.1 Å². The van der Waals surface area contributed by atoms with E-state index in [2.05, 4.69) is 76.6 Å². The van der Waals surface area contributed by atoms with E-state index >= 15 is 0 Å². The quantitative estimate of drug-likeness (QED) is 0.304. The standard InChI is InChI=1S/C24H30N6/c1-15(2)7-5-9-18-11-12-19(17(4)13-18)14-25-29-24-27-23-22(28-30-24)20-10-6-8-16(3)21(20)26-23/h6-8,10-11,14,17,19H,5,9,12-13H2,1-4H3,(H2,26,27,29,30)/b25-14+/t17-,19-/m0/s1. The summed E-state index contributed by atoms with van der Waals surface area (Å²) in [5, 5.41) is 14.0. The molecule has 2 atom stereocenters. The summed E-state index contributed by atoms with van der Waals surface area (Å²) in [7, 11) is 0. The minimum atomic E-state index is 0.407. The number of rotatable bonds is 6. The number of nitrogens with one attached hydrogen (secondary N) is 2. The van der Waals surface area contributed by atoms with Crippen LogP contribution >= 0.6 is 0 Å². The molecule has 0 spiro atoms. The highest BCUT2D eigenvalue weighted by molar-refractivity contribution is 6.04. The van der Waals surface area contributed by atoms with Crippen molar-refractivity contribution in [2.45, 2.75) is 53.4 Å². The van der Waals surface area contributed by atoms with E-state index in [0.717, 1.165) is 41.3 Å². The number of aryl methyl sites for hydroxylation is 1. The van der Waals surface area contributed by atoms with Gasteiger partial charge in [-0.15, -0.1) is 10.2 Å². The van der Waals surface area contributed by atoms with E-state index < -0.39 is 0 Å². The maximum atomic E-state index is 4.54. The van der Waals surface area contributed by atoms with E-state index in [4.69, 9.17) is 0 Å². The first-order chi connectivity index (χ1) is 14.5. The molecule has 0 saturated carbocycles. The second kappa shape index (κ2) is 8.78. The topological polar surface area (TPSA) is 78.8 Å². The highest BCUT2D eigenvalue weighted by atomic mass is 15.4. The number of hydrazone groups is 1. The number of hydrogen-bond acceptors (Lipinski definition) is 5. The van der Waals surface area contributed by atoms with Gasteiger partial charge in [-0.2, -0.15) is 10.1 Å². The zero-order valence-corrected chi connectivity index (χ0v) is 18.2. The smallest absolute Gasteiger partial charge is 0.265 e. The Kier molecular flexibility index (Phi) is 5.93. The van der Waals surface area contributed by atoms with Gasteiger partial charge in [0.1, 0.15) is 5.52 Å². The molecule has 3 aromatic rings. The van der Waals surface area contributed by atoms with Gasteiger partial charge in [0.25, 0.3) is 5.95 Å². The van der Waals surface area contributed by atoms with Crippen LogP contribution in [0.1, 0.15) is 52.0 Å². The van der Waals surface area contributed by atoms with E-state index in [9.17, 15) is 0 Å². The summed E-state index contributed by atoms with van der Waals surface area (Å²) in [6.45, 7) is 8.70. The first-order valence-corrected chi connectivity index (χ1v) is 10.7. The molecular weight excluding hydrogens is 372 g/mol. The highest BCUT2D eigenvalue weighted by Gasteiger charge is 2.20. The number of hydrogen-bond donors (Lipinski definition) is 2. The van der Waals surface area contributed by atoms with Gasteiger partial charge in [0.15, 0.2) is 5.65 Å². The van der Waals surface area contributed by atoms with Crippen molar-refractivity contribution in [3.8, 4) is 0 Å². The molecular formula is C24H30N6. The number of fused-ring (bicyclic) bond motifs is 3. The molecule has 0 aliphatic heterocycles. The Hall–Kier alpha value is -3.02. The van der Waals surface area contributed by atoms with E-state index in [1.54, 1.807) is 5.57 Å². The summed E-state index contributed by atoms with van der Waals surface area (Å²) in [5.41, 5.74) is 9.66. The molecule has 0 amide bonds. The van der Waals surface area contributed by atoms with Gasteiger partial charge in [-0.25, -0.2) is 5.43 Å². The van der Waals surface area contributed by atoms with E-state index in [-0.39, 0.29) is 0 Å². The Morgan fingerprint density at radius 1 is 1.30 bits per heavy atom. The molecule has 0 radical (unpaired) electrons. The minimum Gasteiger partial charge on any atom is -0.337 e. The third-order valence-electron chi connectivity index (χ3n) is 5.90. The molecule has 6 heteroatoms. The fourth-order valence-corrected chi connectivity index (χ4v) is 4.12. The monoisotopic (exact) mass is 402 g/mol. The summed E-state index contributed by atoms with van der Waals surface area (Å²) in [6, 6.07) is 6.13. The molecule has 156 valence electrons. The lowest BCUT2D eigenvalue weighted by molar-refractivity contribution is 0.431. The van der Waals surface area contributed by atoms with Gasteiger partial charge < -0.3 is 4.98 Å². The summed E-state index contributed by atoms with van der Waals surface area (Å²) in [4.78, 5) is 7.89. The third-order valence-corrected chi connectivity index (χ3v) is 5.90. The molecule has 4 rings (SSSR count). The molecule has 1 aliphatic rings. The number of nitrogens with zero attached hydrogens (tertiary/aromatic N) is 4. The number of anilines is 1. The molecule has 2 aromatic heterocycles. The summed E-state index contributed by atoms with van der Waals surface area (Å²) in [5.74, 6) is 1.42. The van der Waals surface area contributed by atoms with Crippen LogP contribution in [0.2, 0.25) is 0 Å². The van der Waals surface area contributed by atoms with Gasteiger partial charge in [0, 0.05) is 17.5 Å². The minimum absolute atomic E-state index is 0.407. The van der Waals surface area contributed by atoms with Crippen molar-refractivity contribution in [1.82, 2.24) is 20.2 Å². The van der Waals surface area contributed by atoms with Crippen LogP contribution < -0.4 is 5.43 Å². The Bertz CT molecular complexity index is 1130. The van der Waals surface area contributed by atoms with E-state index in [1.807, 2.05) is 18.3 Å². The number of aromatic nitrogens is 4. The summed E-state index contributed by atoms with van der Waals surface area (Å²) >= 11 is 0. The zero-order chi connectivity index (χ0) is 21.1. The normalized spacial score (nSPS) is 19.4. The fraction of sp³-hybridized carbons (Fsp3) is 0.417. The maximum absolute atomic E-state index is 4.54. The van der Waals surface area contributed by atoms with Gasteiger partial charge in [-0.1, -0.05) is 48.4 Å². The predicted molar refractivity (Wildman–Crippen MR) is 125 cm³/mol. The SMILES string of the molecule is CC(C)=CCCC1=CC[C@@H](/C=N/Nc2nnc3c(n2)[nH]c2c(C)cccc23)[C@@H](C)C1. The third kappa shape index (κ3) is 4.42. The second-order valence-corrected chi connectivity index (χ2v) is 8.61. The van der Waals surface area contributed by atoms with Crippen molar-refractivity contribution in [1.29, 1.82) is 0 Å². The lowest BCUT2D eigenvalue weighted by Gasteiger charge is -2.25. The maximum Gasteiger partial charge on any atom is 0.265 e. The molecule has 1 aliphatic carbocycles. The lowest BCUT2D eigenvalue weighted by Crippen LogP contribution is -2.18. The molecule has 2 N–H and O–H groups in total. The van der Waals surface area contributed by atoms with Crippen LogP contribution in [-0.4, -0.2) is 26.4 Å². The highest BCUT2D eigenvalue weighted by Crippen LogP contribution is 2.30. The van der Waals surface area contributed by atoms with Crippen molar-refractivity contribution in [3.63, 3.8) is 0 Å². The number of aromatic amines is 1. The molecule has 0 saturated heterocycles. The average Bonchev–Trinajstić information content (AvgIpc) is 3.09. The Morgan fingerprint density at radius 3 is 2.97 bits per heavy atom. The Balaban J connectivity index is 1.40. The van der Waals surface area contributed by atoms with Gasteiger partial charge >= 0.3 is 0 Å².